The summed E-state index contributed by atoms with van der Waals surface area (Å²) in [5.74, 6) is 1.45. The molecule has 1 saturated carbocycles. The Morgan fingerprint density at radius 3 is 2.74 bits per heavy atom. The number of guanidine groups is 1. The van der Waals surface area contributed by atoms with E-state index in [1.54, 1.807) is 11.3 Å². The van der Waals surface area contributed by atoms with Gasteiger partial charge >= 0.3 is 0 Å². The molecule has 0 saturated heterocycles. The smallest absolute Gasteiger partial charge is 0.191 e. The largest absolute Gasteiger partial charge is 0.353 e. The van der Waals surface area contributed by atoms with E-state index in [1.165, 1.54) is 22.4 Å². The fourth-order valence-corrected chi connectivity index (χ4v) is 3.72. The fraction of sp³-hybridized carbons (Fsp3) is 0.444. The van der Waals surface area contributed by atoms with Crippen molar-refractivity contribution >= 4 is 17.3 Å². The number of aliphatic imine (C=N–C) groups is 1. The highest BCUT2D eigenvalue weighted by Gasteiger charge is 2.39. The summed E-state index contributed by atoms with van der Waals surface area (Å²) in [7, 11) is 1.82. The topological polar surface area (TPSA) is 49.3 Å². The zero-order valence-corrected chi connectivity index (χ0v) is 15.0. The van der Waals surface area contributed by atoms with Crippen LogP contribution in [0.2, 0.25) is 0 Å². The molecule has 1 aromatic heterocycles. The van der Waals surface area contributed by atoms with E-state index in [9.17, 15) is 0 Å². The summed E-state index contributed by atoms with van der Waals surface area (Å²) in [6.07, 6.45) is 1.17. The second-order valence-electron chi connectivity index (χ2n) is 6.12. The van der Waals surface area contributed by atoms with E-state index in [4.69, 9.17) is 0 Å². The van der Waals surface area contributed by atoms with Gasteiger partial charge in [0.1, 0.15) is 5.01 Å². The Hall–Kier alpha value is -1.88. The third-order valence-corrected chi connectivity index (χ3v) is 5.48. The first-order valence-electron chi connectivity index (χ1n) is 8.04. The van der Waals surface area contributed by atoms with Crippen LogP contribution in [0.5, 0.6) is 0 Å². The Morgan fingerprint density at radius 1 is 1.30 bits per heavy atom. The van der Waals surface area contributed by atoms with Gasteiger partial charge < -0.3 is 10.6 Å². The number of rotatable bonds is 4. The molecule has 0 radical (unpaired) electrons. The highest BCUT2D eigenvalue weighted by molar-refractivity contribution is 7.11. The maximum atomic E-state index is 4.56. The van der Waals surface area contributed by atoms with Crippen molar-refractivity contribution in [1.29, 1.82) is 0 Å². The molecule has 1 aromatic carbocycles. The lowest BCUT2D eigenvalue weighted by molar-refractivity contribution is 0.785. The Morgan fingerprint density at radius 2 is 2.09 bits per heavy atom. The highest BCUT2D eigenvalue weighted by atomic mass is 32.1. The standard InChI is InChI=1S/C18H24N4S/c1-11-7-5-6-8-14(11)15-9-16(15)22-18(19-4)20-10-17-21-12(2)13(3)23-17/h5-8,15-16H,9-10H2,1-4H3,(H2,19,20,22). The minimum absolute atomic E-state index is 0.474. The quantitative estimate of drug-likeness (QED) is 0.669. The van der Waals surface area contributed by atoms with E-state index in [0.29, 0.717) is 12.0 Å². The number of thiazole rings is 1. The lowest BCUT2D eigenvalue weighted by Gasteiger charge is -2.11. The SMILES string of the molecule is CN=C(NCc1nc(C)c(C)s1)NC1CC1c1ccccc1C. The number of nitrogens with one attached hydrogen (secondary N) is 2. The normalized spacial score (nSPS) is 20.4. The summed E-state index contributed by atoms with van der Waals surface area (Å²) in [5, 5.41) is 8.00. The average molecular weight is 328 g/mol. The number of benzene rings is 1. The second kappa shape index (κ2) is 6.71. The molecule has 0 spiro atoms. The highest BCUT2D eigenvalue weighted by Crippen LogP contribution is 2.42. The van der Waals surface area contributed by atoms with Crippen molar-refractivity contribution < 1.29 is 0 Å². The van der Waals surface area contributed by atoms with E-state index >= 15 is 0 Å². The van der Waals surface area contributed by atoms with Crippen LogP contribution >= 0.6 is 11.3 Å². The maximum Gasteiger partial charge on any atom is 0.191 e. The lowest BCUT2D eigenvalue weighted by atomic mass is 10.0. The molecule has 2 unspecified atom stereocenters. The van der Waals surface area contributed by atoms with Crippen molar-refractivity contribution in [3.05, 3.63) is 51.0 Å². The van der Waals surface area contributed by atoms with Crippen LogP contribution in [0.25, 0.3) is 0 Å². The minimum Gasteiger partial charge on any atom is -0.353 e. The van der Waals surface area contributed by atoms with Gasteiger partial charge in [0.2, 0.25) is 0 Å². The predicted molar refractivity (Wildman–Crippen MR) is 97.2 cm³/mol. The third kappa shape index (κ3) is 3.72. The van der Waals surface area contributed by atoms with Crippen molar-refractivity contribution in [3.8, 4) is 0 Å². The number of aromatic nitrogens is 1. The molecule has 0 bridgehead atoms. The van der Waals surface area contributed by atoms with Crippen LogP contribution in [0.4, 0.5) is 0 Å². The van der Waals surface area contributed by atoms with Crippen LogP contribution < -0.4 is 10.6 Å². The Balaban J connectivity index is 1.54. The summed E-state index contributed by atoms with van der Waals surface area (Å²) in [4.78, 5) is 10.2. The van der Waals surface area contributed by atoms with Crippen molar-refractivity contribution in [2.45, 2.75) is 45.7 Å². The van der Waals surface area contributed by atoms with Crippen molar-refractivity contribution in [2.24, 2.45) is 4.99 Å². The van der Waals surface area contributed by atoms with Crippen LogP contribution in [-0.2, 0) is 6.54 Å². The van der Waals surface area contributed by atoms with Gasteiger partial charge in [-0.1, -0.05) is 24.3 Å². The molecule has 1 aliphatic carbocycles. The zero-order chi connectivity index (χ0) is 16.4. The van der Waals surface area contributed by atoms with Crippen LogP contribution in [0.15, 0.2) is 29.3 Å². The van der Waals surface area contributed by atoms with E-state index in [-0.39, 0.29) is 0 Å². The average Bonchev–Trinajstić information content (AvgIpc) is 3.22. The number of hydrogen-bond acceptors (Lipinski definition) is 3. The summed E-state index contributed by atoms with van der Waals surface area (Å²) in [6, 6.07) is 9.12. The predicted octanol–water partition coefficient (Wildman–Crippen LogP) is 3.29. The van der Waals surface area contributed by atoms with E-state index in [2.05, 4.69) is 65.6 Å². The second-order valence-corrected chi connectivity index (χ2v) is 7.41. The molecular formula is C18H24N4S. The molecule has 0 amide bonds. The fourth-order valence-electron chi connectivity index (χ4n) is 2.85. The summed E-state index contributed by atoms with van der Waals surface area (Å²) >= 11 is 1.74. The molecule has 2 aromatic rings. The molecule has 23 heavy (non-hydrogen) atoms. The number of aryl methyl sites for hydroxylation is 3. The molecule has 1 aliphatic rings. The zero-order valence-electron chi connectivity index (χ0n) is 14.2. The van der Waals surface area contributed by atoms with Gasteiger partial charge in [0.05, 0.1) is 12.2 Å². The van der Waals surface area contributed by atoms with Crippen LogP contribution in [0, 0.1) is 20.8 Å². The molecule has 5 heteroatoms. The molecule has 0 aliphatic heterocycles. The molecular weight excluding hydrogens is 304 g/mol. The number of nitrogens with zero attached hydrogens (tertiary/aromatic N) is 2. The lowest BCUT2D eigenvalue weighted by Crippen LogP contribution is -2.38. The molecule has 1 fully saturated rings. The molecule has 4 nitrogen and oxygen atoms in total. The molecule has 2 N–H and O–H groups in total. The van der Waals surface area contributed by atoms with Crippen molar-refractivity contribution in [1.82, 2.24) is 15.6 Å². The van der Waals surface area contributed by atoms with Gasteiger partial charge in [0, 0.05) is 23.9 Å². The van der Waals surface area contributed by atoms with Gasteiger partial charge in [0.25, 0.3) is 0 Å². The summed E-state index contributed by atoms with van der Waals surface area (Å²) in [5.41, 5.74) is 3.95. The van der Waals surface area contributed by atoms with Crippen LogP contribution in [0.3, 0.4) is 0 Å². The first kappa shape index (κ1) is 16.0. The molecule has 2 atom stereocenters. The molecule has 122 valence electrons. The van der Waals surface area contributed by atoms with Crippen molar-refractivity contribution in [2.75, 3.05) is 7.05 Å². The van der Waals surface area contributed by atoms with Gasteiger partial charge in [-0.15, -0.1) is 11.3 Å². The maximum absolute atomic E-state index is 4.56. The third-order valence-electron chi connectivity index (χ3n) is 4.40. The van der Waals surface area contributed by atoms with Gasteiger partial charge in [0.15, 0.2) is 5.96 Å². The Labute approximate surface area is 142 Å². The van der Waals surface area contributed by atoms with E-state index in [0.717, 1.165) is 23.2 Å². The monoisotopic (exact) mass is 328 g/mol. The van der Waals surface area contributed by atoms with Crippen LogP contribution in [-0.4, -0.2) is 24.0 Å². The van der Waals surface area contributed by atoms with Crippen LogP contribution in [0.1, 0.15) is 39.0 Å². The summed E-state index contributed by atoms with van der Waals surface area (Å²) < 4.78 is 0. The van der Waals surface area contributed by atoms with Gasteiger partial charge in [-0.25, -0.2) is 4.98 Å². The van der Waals surface area contributed by atoms with Crippen molar-refractivity contribution in [3.63, 3.8) is 0 Å². The first-order chi connectivity index (χ1) is 11.1. The first-order valence-corrected chi connectivity index (χ1v) is 8.85. The Kier molecular flexibility index (Phi) is 4.66. The Bertz CT molecular complexity index is 700. The minimum atomic E-state index is 0.474. The number of hydrogen-bond donors (Lipinski definition) is 2. The molecule has 1 heterocycles. The van der Waals surface area contributed by atoms with Gasteiger partial charge in [-0.05, 0) is 38.3 Å². The molecule has 3 rings (SSSR count). The van der Waals surface area contributed by atoms with Gasteiger partial charge in [-0.3, -0.25) is 4.99 Å². The summed E-state index contributed by atoms with van der Waals surface area (Å²) in [6.45, 7) is 7.08. The van der Waals surface area contributed by atoms with E-state index < -0.39 is 0 Å². The van der Waals surface area contributed by atoms with Gasteiger partial charge in [-0.2, -0.15) is 0 Å². The van der Waals surface area contributed by atoms with E-state index in [1.807, 2.05) is 7.05 Å².